The van der Waals surface area contributed by atoms with E-state index in [0.717, 1.165) is 19.5 Å². The van der Waals surface area contributed by atoms with Crippen molar-refractivity contribution in [2.45, 2.75) is 30.3 Å². The van der Waals surface area contributed by atoms with E-state index in [9.17, 15) is 5.11 Å². The van der Waals surface area contributed by atoms with Gasteiger partial charge in [-0.3, -0.25) is 4.90 Å². The normalized spacial score (nSPS) is 57.0. The molecule has 0 radical (unpaired) electrons. The third-order valence-corrected chi connectivity index (χ3v) is 3.47. The monoisotopic (exact) mass is 171 g/mol. The van der Waals surface area contributed by atoms with Crippen LogP contribution >= 0.6 is 0 Å². The first kappa shape index (κ1) is 7.26. The third-order valence-electron chi connectivity index (χ3n) is 3.47. The minimum atomic E-state index is -0.393. The molecule has 4 atom stereocenters. The van der Waals surface area contributed by atoms with Crippen LogP contribution in [-0.2, 0) is 4.74 Å². The third kappa shape index (κ3) is 0.633. The van der Waals surface area contributed by atoms with Crippen LogP contribution in [0.3, 0.4) is 0 Å². The topological polar surface area (TPSA) is 56.2 Å². The Morgan fingerprint density at radius 3 is 3.17 bits per heavy atom. The zero-order valence-corrected chi connectivity index (χ0v) is 6.81. The SMILES string of the molecule is OCC12OC1CN1CCC(O)C12. The molecule has 12 heavy (non-hydrogen) atoms. The van der Waals surface area contributed by atoms with Crippen LogP contribution in [0.4, 0.5) is 0 Å². The molecule has 2 N–H and O–H groups in total. The van der Waals surface area contributed by atoms with Crippen molar-refractivity contribution in [3.63, 3.8) is 0 Å². The lowest BCUT2D eigenvalue weighted by atomic mass is 9.97. The molecule has 4 heteroatoms. The number of fused-ring (bicyclic) bond motifs is 3. The highest BCUT2D eigenvalue weighted by atomic mass is 16.6. The highest BCUT2D eigenvalue weighted by Gasteiger charge is 2.71. The summed E-state index contributed by atoms with van der Waals surface area (Å²) in [6.07, 6.45) is 0.703. The number of ether oxygens (including phenoxy) is 1. The van der Waals surface area contributed by atoms with Crippen LogP contribution in [0.1, 0.15) is 6.42 Å². The van der Waals surface area contributed by atoms with E-state index in [1.54, 1.807) is 0 Å². The summed E-state index contributed by atoms with van der Waals surface area (Å²) in [5.74, 6) is 0. The molecule has 3 saturated heterocycles. The quantitative estimate of drug-likeness (QED) is 0.475. The van der Waals surface area contributed by atoms with Crippen molar-refractivity contribution in [1.29, 1.82) is 0 Å². The lowest BCUT2D eigenvalue weighted by Gasteiger charge is -2.24. The molecule has 0 spiro atoms. The van der Waals surface area contributed by atoms with E-state index in [0.29, 0.717) is 0 Å². The second-order valence-electron chi connectivity index (χ2n) is 4.02. The van der Waals surface area contributed by atoms with Crippen molar-refractivity contribution >= 4 is 0 Å². The van der Waals surface area contributed by atoms with Gasteiger partial charge in [0.2, 0.25) is 0 Å². The predicted octanol–water partition coefficient (Wildman–Crippen LogP) is -1.43. The van der Waals surface area contributed by atoms with Crippen LogP contribution in [0.5, 0.6) is 0 Å². The van der Waals surface area contributed by atoms with E-state index in [1.165, 1.54) is 0 Å². The molecule has 3 aliphatic heterocycles. The number of aliphatic hydroxyl groups excluding tert-OH is 2. The van der Waals surface area contributed by atoms with Gasteiger partial charge in [0.15, 0.2) is 0 Å². The van der Waals surface area contributed by atoms with Gasteiger partial charge in [-0.05, 0) is 6.42 Å². The van der Waals surface area contributed by atoms with Gasteiger partial charge in [-0.2, -0.15) is 0 Å². The molecule has 3 rings (SSSR count). The Labute approximate surface area is 70.7 Å². The maximum absolute atomic E-state index is 9.66. The first-order valence-electron chi connectivity index (χ1n) is 4.49. The van der Waals surface area contributed by atoms with E-state index in [1.807, 2.05) is 0 Å². The van der Waals surface area contributed by atoms with E-state index in [4.69, 9.17) is 9.84 Å². The summed E-state index contributed by atoms with van der Waals surface area (Å²) in [7, 11) is 0. The number of nitrogens with zero attached hydrogens (tertiary/aromatic N) is 1. The molecule has 0 bridgehead atoms. The Morgan fingerprint density at radius 2 is 2.42 bits per heavy atom. The van der Waals surface area contributed by atoms with Gasteiger partial charge in [0, 0.05) is 13.1 Å². The van der Waals surface area contributed by atoms with Crippen molar-refractivity contribution in [3.05, 3.63) is 0 Å². The van der Waals surface area contributed by atoms with Gasteiger partial charge >= 0.3 is 0 Å². The molecule has 0 amide bonds. The molecule has 3 fully saturated rings. The highest BCUT2D eigenvalue weighted by Crippen LogP contribution is 2.51. The second-order valence-corrected chi connectivity index (χ2v) is 4.02. The molecule has 0 aromatic rings. The largest absolute Gasteiger partial charge is 0.393 e. The number of hydrogen-bond acceptors (Lipinski definition) is 4. The summed E-state index contributed by atoms with van der Waals surface area (Å²) >= 11 is 0. The molecule has 4 unspecified atom stereocenters. The Balaban J connectivity index is 1.91. The Hall–Kier alpha value is -0.160. The van der Waals surface area contributed by atoms with Crippen molar-refractivity contribution in [1.82, 2.24) is 4.90 Å². The fourth-order valence-corrected chi connectivity index (χ4v) is 2.81. The van der Waals surface area contributed by atoms with Crippen molar-refractivity contribution < 1.29 is 14.9 Å². The second kappa shape index (κ2) is 2.01. The standard InChI is InChI=1S/C8H13NO3/c10-4-8-6(12-8)3-9-2-1-5(11)7(8)9/h5-7,10-11H,1-4H2. The molecule has 0 aromatic carbocycles. The minimum Gasteiger partial charge on any atom is -0.393 e. The molecule has 4 nitrogen and oxygen atoms in total. The average molecular weight is 171 g/mol. The van der Waals surface area contributed by atoms with Crippen LogP contribution in [0, 0.1) is 0 Å². The molecular weight excluding hydrogens is 158 g/mol. The summed E-state index contributed by atoms with van der Waals surface area (Å²) in [5.41, 5.74) is -0.393. The Kier molecular flexibility index (Phi) is 1.22. The van der Waals surface area contributed by atoms with Gasteiger partial charge in [0.05, 0.1) is 18.8 Å². The summed E-state index contributed by atoms with van der Waals surface area (Å²) < 4.78 is 5.42. The summed E-state index contributed by atoms with van der Waals surface area (Å²) in [5, 5.41) is 18.8. The number of rotatable bonds is 1. The number of morpholine rings is 1. The first-order valence-corrected chi connectivity index (χ1v) is 4.49. The van der Waals surface area contributed by atoms with Crippen molar-refractivity contribution in [2.24, 2.45) is 0 Å². The van der Waals surface area contributed by atoms with Crippen LogP contribution < -0.4 is 0 Å². The van der Waals surface area contributed by atoms with Gasteiger partial charge in [-0.1, -0.05) is 0 Å². The molecule has 68 valence electrons. The van der Waals surface area contributed by atoms with Gasteiger partial charge < -0.3 is 14.9 Å². The molecular formula is C8H13NO3. The van der Waals surface area contributed by atoms with Gasteiger partial charge in [0.25, 0.3) is 0 Å². The molecule has 0 aliphatic carbocycles. The van der Waals surface area contributed by atoms with Crippen molar-refractivity contribution in [2.75, 3.05) is 19.7 Å². The maximum Gasteiger partial charge on any atom is 0.137 e. The van der Waals surface area contributed by atoms with Crippen LogP contribution in [0.25, 0.3) is 0 Å². The minimum absolute atomic E-state index is 0.0515. The average Bonchev–Trinajstić information content (AvgIpc) is 2.48. The fraction of sp³-hybridized carbons (Fsp3) is 1.00. The van der Waals surface area contributed by atoms with E-state index in [-0.39, 0.29) is 24.9 Å². The summed E-state index contributed by atoms with van der Waals surface area (Å²) in [6.45, 7) is 1.89. The molecule has 0 saturated carbocycles. The highest BCUT2D eigenvalue weighted by molar-refractivity contribution is 5.21. The van der Waals surface area contributed by atoms with Crippen LogP contribution in [-0.4, -0.2) is 58.7 Å². The number of hydrogen-bond donors (Lipinski definition) is 2. The van der Waals surface area contributed by atoms with Gasteiger partial charge in [-0.25, -0.2) is 0 Å². The number of aliphatic hydroxyl groups is 2. The predicted molar refractivity (Wildman–Crippen MR) is 40.7 cm³/mol. The van der Waals surface area contributed by atoms with E-state index < -0.39 is 5.60 Å². The van der Waals surface area contributed by atoms with Gasteiger partial charge in [0.1, 0.15) is 11.7 Å². The lowest BCUT2D eigenvalue weighted by molar-refractivity contribution is 0.0298. The zero-order chi connectivity index (χ0) is 8.34. The lowest BCUT2D eigenvalue weighted by Crippen LogP contribution is -2.44. The fourth-order valence-electron chi connectivity index (χ4n) is 2.81. The zero-order valence-electron chi connectivity index (χ0n) is 6.81. The first-order chi connectivity index (χ1) is 5.78. The van der Waals surface area contributed by atoms with E-state index in [2.05, 4.69) is 4.90 Å². The number of epoxide rings is 1. The van der Waals surface area contributed by atoms with Crippen molar-refractivity contribution in [3.8, 4) is 0 Å². The molecule has 0 aromatic heterocycles. The molecule has 3 heterocycles. The van der Waals surface area contributed by atoms with E-state index >= 15 is 0 Å². The van der Waals surface area contributed by atoms with Crippen LogP contribution in [0.15, 0.2) is 0 Å². The van der Waals surface area contributed by atoms with Crippen LogP contribution in [0.2, 0.25) is 0 Å². The molecule has 3 aliphatic rings. The maximum atomic E-state index is 9.66. The Morgan fingerprint density at radius 1 is 1.58 bits per heavy atom. The van der Waals surface area contributed by atoms with Gasteiger partial charge in [-0.15, -0.1) is 0 Å². The summed E-state index contributed by atoms with van der Waals surface area (Å²) in [6, 6.07) is 0.0625. The smallest absolute Gasteiger partial charge is 0.137 e. The summed E-state index contributed by atoms with van der Waals surface area (Å²) in [4.78, 5) is 2.23. The Bertz CT molecular complexity index is 218.